The first kappa shape index (κ1) is 15.1. The van der Waals surface area contributed by atoms with Crippen LogP contribution in [-0.4, -0.2) is 23.0 Å². The second-order valence-corrected chi connectivity index (χ2v) is 6.89. The van der Waals surface area contributed by atoms with Crippen molar-refractivity contribution in [3.05, 3.63) is 52.2 Å². The van der Waals surface area contributed by atoms with E-state index >= 15 is 0 Å². The van der Waals surface area contributed by atoms with Crippen LogP contribution >= 0.6 is 11.3 Å². The molecule has 1 amide bonds. The van der Waals surface area contributed by atoms with E-state index in [9.17, 15) is 4.79 Å². The van der Waals surface area contributed by atoms with Crippen molar-refractivity contribution in [2.75, 3.05) is 0 Å². The largest absolute Gasteiger partial charge is 0.481 e. The Morgan fingerprint density at radius 1 is 1.36 bits per heavy atom. The van der Waals surface area contributed by atoms with Gasteiger partial charge in [-0.05, 0) is 55.8 Å². The van der Waals surface area contributed by atoms with Crippen molar-refractivity contribution >= 4 is 17.2 Å². The van der Waals surface area contributed by atoms with Crippen molar-refractivity contribution in [3.8, 4) is 5.75 Å². The summed E-state index contributed by atoms with van der Waals surface area (Å²) in [6.45, 7) is 4.56. The lowest BCUT2D eigenvalue weighted by molar-refractivity contribution is -0.139. The predicted octanol–water partition coefficient (Wildman–Crippen LogP) is 4.02. The highest BCUT2D eigenvalue weighted by atomic mass is 32.1. The molecule has 1 heterocycles. The number of thiophene rings is 1. The minimum atomic E-state index is -0.456. The van der Waals surface area contributed by atoms with E-state index in [0.717, 1.165) is 24.2 Å². The first-order valence-corrected chi connectivity index (χ1v) is 8.57. The molecule has 1 aliphatic rings. The van der Waals surface area contributed by atoms with E-state index in [4.69, 9.17) is 4.74 Å². The van der Waals surface area contributed by atoms with Crippen LogP contribution in [0, 0.1) is 6.92 Å². The number of carbonyl (C=O) groups is 1. The molecule has 0 spiro atoms. The van der Waals surface area contributed by atoms with E-state index in [2.05, 4.69) is 11.4 Å². The Hall–Kier alpha value is -1.81. The van der Waals surface area contributed by atoms with Crippen LogP contribution in [0.2, 0.25) is 0 Å². The van der Waals surface area contributed by atoms with Gasteiger partial charge >= 0.3 is 0 Å². The van der Waals surface area contributed by atoms with Gasteiger partial charge in [-0.15, -0.1) is 11.3 Å². The van der Waals surface area contributed by atoms with E-state index in [1.807, 2.05) is 49.1 Å². The molecule has 1 saturated carbocycles. The van der Waals surface area contributed by atoms with Crippen molar-refractivity contribution in [2.24, 2.45) is 0 Å². The first-order valence-electron chi connectivity index (χ1n) is 7.69. The minimum Gasteiger partial charge on any atom is -0.481 e. The third kappa shape index (κ3) is 3.69. The summed E-state index contributed by atoms with van der Waals surface area (Å²) < 4.78 is 5.85. The first-order chi connectivity index (χ1) is 10.6. The maximum atomic E-state index is 12.7. The minimum absolute atomic E-state index is 0.0809. The Morgan fingerprint density at radius 3 is 2.82 bits per heavy atom. The lowest BCUT2D eigenvalue weighted by Crippen LogP contribution is -2.41. The molecule has 1 aromatic heterocycles. The molecule has 2 aromatic rings. The quantitative estimate of drug-likeness (QED) is 0.806. The monoisotopic (exact) mass is 315 g/mol. The van der Waals surface area contributed by atoms with Crippen LogP contribution in [0.4, 0.5) is 0 Å². The summed E-state index contributed by atoms with van der Waals surface area (Å²) in [6.07, 6.45) is 1.75. The fraction of sp³-hybridized carbons (Fsp3) is 0.389. The average molecular weight is 315 g/mol. The molecule has 3 rings (SSSR count). The molecule has 0 saturated heterocycles. The van der Waals surface area contributed by atoms with Crippen molar-refractivity contribution in [2.45, 2.75) is 45.4 Å². The molecule has 3 nitrogen and oxygen atoms in total. The zero-order valence-corrected chi connectivity index (χ0v) is 13.8. The Morgan fingerprint density at radius 2 is 2.18 bits per heavy atom. The van der Waals surface area contributed by atoms with Crippen molar-refractivity contribution in [1.29, 1.82) is 0 Å². The van der Waals surface area contributed by atoms with Crippen molar-refractivity contribution in [3.63, 3.8) is 0 Å². The fourth-order valence-corrected chi connectivity index (χ4v) is 3.22. The smallest absolute Gasteiger partial charge is 0.263 e. The molecule has 0 bridgehead atoms. The highest BCUT2D eigenvalue weighted by Crippen LogP contribution is 2.30. The summed E-state index contributed by atoms with van der Waals surface area (Å²) in [7, 11) is 0. The molecule has 1 aromatic carbocycles. The van der Waals surface area contributed by atoms with Gasteiger partial charge in [-0.3, -0.25) is 4.79 Å². The van der Waals surface area contributed by atoms with Gasteiger partial charge in [-0.2, -0.15) is 0 Å². The number of hydrogen-bond acceptors (Lipinski definition) is 3. The van der Waals surface area contributed by atoms with Crippen LogP contribution in [0.5, 0.6) is 5.75 Å². The summed E-state index contributed by atoms with van der Waals surface area (Å²) in [5, 5.41) is 2.05. The standard InChI is InChI=1S/C18H21NO2S/c1-13-5-3-6-16(11-13)21-14(2)18(20)19(15-8-9-15)12-17-7-4-10-22-17/h3-7,10-11,14-15H,8-9,12H2,1-2H3. The van der Waals surface area contributed by atoms with Crippen LogP contribution in [0.3, 0.4) is 0 Å². The Labute approximate surface area is 135 Å². The number of amides is 1. The number of ether oxygens (including phenoxy) is 1. The topological polar surface area (TPSA) is 29.5 Å². The van der Waals surface area contributed by atoms with Gasteiger partial charge in [0.25, 0.3) is 5.91 Å². The molecule has 0 radical (unpaired) electrons. The summed E-state index contributed by atoms with van der Waals surface area (Å²) in [5.74, 6) is 0.838. The SMILES string of the molecule is Cc1cccc(OC(C)C(=O)N(Cc2cccs2)C2CC2)c1. The molecule has 116 valence electrons. The third-order valence-electron chi connectivity index (χ3n) is 3.83. The Balaban J connectivity index is 1.67. The molecule has 1 atom stereocenters. The summed E-state index contributed by atoms with van der Waals surface area (Å²) in [4.78, 5) is 15.9. The van der Waals surface area contributed by atoms with Gasteiger partial charge < -0.3 is 9.64 Å². The zero-order valence-electron chi connectivity index (χ0n) is 13.0. The van der Waals surface area contributed by atoms with Crippen molar-refractivity contribution in [1.82, 2.24) is 4.90 Å². The van der Waals surface area contributed by atoms with E-state index in [1.165, 1.54) is 4.88 Å². The number of aryl methyl sites for hydroxylation is 1. The van der Waals surface area contributed by atoms with Gasteiger partial charge in [-0.1, -0.05) is 18.2 Å². The van der Waals surface area contributed by atoms with Crippen LogP contribution < -0.4 is 4.74 Å². The molecule has 0 aliphatic heterocycles. The number of rotatable bonds is 6. The van der Waals surface area contributed by atoms with Crippen LogP contribution in [0.25, 0.3) is 0 Å². The van der Waals surface area contributed by atoms with E-state index < -0.39 is 6.10 Å². The Kier molecular flexibility index (Phi) is 4.48. The molecule has 0 N–H and O–H groups in total. The molecule has 4 heteroatoms. The van der Waals surface area contributed by atoms with E-state index in [1.54, 1.807) is 11.3 Å². The lowest BCUT2D eigenvalue weighted by Gasteiger charge is -2.25. The van der Waals surface area contributed by atoms with E-state index in [-0.39, 0.29) is 5.91 Å². The highest BCUT2D eigenvalue weighted by Gasteiger charge is 2.35. The normalized spacial score (nSPS) is 15.4. The predicted molar refractivity (Wildman–Crippen MR) is 89.2 cm³/mol. The molecule has 1 unspecified atom stereocenters. The van der Waals surface area contributed by atoms with Gasteiger partial charge in [0, 0.05) is 10.9 Å². The van der Waals surface area contributed by atoms with Gasteiger partial charge in [-0.25, -0.2) is 0 Å². The van der Waals surface area contributed by atoms with Gasteiger partial charge in [0.05, 0.1) is 6.54 Å². The number of carbonyl (C=O) groups excluding carboxylic acids is 1. The maximum Gasteiger partial charge on any atom is 0.263 e. The van der Waals surface area contributed by atoms with Crippen molar-refractivity contribution < 1.29 is 9.53 Å². The number of hydrogen-bond donors (Lipinski definition) is 0. The van der Waals surface area contributed by atoms with Crippen LogP contribution in [-0.2, 0) is 11.3 Å². The number of nitrogens with zero attached hydrogens (tertiary/aromatic N) is 1. The molecule has 22 heavy (non-hydrogen) atoms. The second kappa shape index (κ2) is 6.53. The molecule has 1 fully saturated rings. The summed E-state index contributed by atoms with van der Waals surface area (Å²) >= 11 is 1.70. The van der Waals surface area contributed by atoms with Gasteiger partial charge in [0.15, 0.2) is 6.10 Å². The number of benzene rings is 1. The van der Waals surface area contributed by atoms with Crippen LogP contribution in [0.1, 0.15) is 30.2 Å². The third-order valence-corrected chi connectivity index (χ3v) is 4.69. The summed E-state index contributed by atoms with van der Waals surface area (Å²) in [5.41, 5.74) is 1.13. The Bertz CT molecular complexity index is 634. The summed E-state index contributed by atoms with van der Waals surface area (Å²) in [6, 6.07) is 12.3. The molecular formula is C18H21NO2S. The zero-order chi connectivity index (χ0) is 15.5. The fourth-order valence-electron chi connectivity index (χ4n) is 2.52. The van der Waals surface area contributed by atoms with Gasteiger partial charge in [0.1, 0.15) is 5.75 Å². The molecular weight excluding hydrogens is 294 g/mol. The molecule has 1 aliphatic carbocycles. The van der Waals surface area contributed by atoms with E-state index in [0.29, 0.717) is 12.6 Å². The second-order valence-electron chi connectivity index (χ2n) is 5.85. The van der Waals surface area contributed by atoms with Crippen LogP contribution in [0.15, 0.2) is 41.8 Å². The lowest BCUT2D eigenvalue weighted by atomic mass is 10.2. The van der Waals surface area contributed by atoms with Gasteiger partial charge in [0.2, 0.25) is 0 Å². The maximum absolute atomic E-state index is 12.7. The highest BCUT2D eigenvalue weighted by molar-refractivity contribution is 7.09. The average Bonchev–Trinajstić information content (AvgIpc) is 3.20.